The van der Waals surface area contributed by atoms with Crippen LogP contribution in [-0.4, -0.2) is 17.0 Å². The van der Waals surface area contributed by atoms with Crippen molar-refractivity contribution in [3.8, 4) is 5.75 Å². The summed E-state index contributed by atoms with van der Waals surface area (Å²) in [5.41, 5.74) is -0.147. The van der Waals surface area contributed by atoms with Gasteiger partial charge in [0.25, 0.3) is 0 Å². The number of phenols is 1. The summed E-state index contributed by atoms with van der Waals surface area (Å²) in [6.07, 6.45) is 1.87. The minimum atomic E-state index is -0.813. The molecule has 1 aromatic carbocycles. The van der Waals surface area contributed by atoms with E-state index in [0.29, 0.717) is 0 Å². The van der Waals surface area contributed by atoms with Gasteiger partial charge in [0.05, 0.1) is 23.7 Å². The van der Waals surface area contributed by atoms with Crippen LogP contribution in [0.1, 0.15) is 20.7 Å². The zero-order valence-corrected chi connectivity index (χ0v) is 8.88. The van der Waals surface area contributed by atoms with Gasteiger partial charge >= 0.3 is 11.9 Å². The molecule has 88 valence electrons. The first-order valence-electron chi connectivity index (χ1n) is 4.57. The molecule has 0 fully saturated rings. The zero-order chi connectivity index (χ0) is 12.8. The summed E-state index contributed by atoms with van der Waals surface area (Å²) in [5.74, 6) is -1.75. The van der Waals surface area contributed by atoms with Gasteiger partial charge in [0.15, 0.2) is 0 Å². The Balaban J connectivity index is 3.20. The highest BCUT2D eigenvalue weighted by Gasteiger charge is 2.19. The SMILES string of the molecule is C=COC(=O)c1ccc(O)cc1C(=O)OC=C. The summed E-state index contributed by atoms with van der Waals surface area (Å²) in [7, 11) is 0. The number of carbonyl (C=O) groups is 2. The highest BCUT2D eigenvalue weighted by molar-refractivity contribution is 6.03. The minimum Gasteiger partial charge on any atom is -0.508 e. The van der Waals surface area contributed by atoms with Gasteiger partial charge in [-0.1, -0.05) is 13.2 Å². The molecule has 0 radical (unpaired) electrons. The van der Waals surface area contributed by atoms with Gasteiger partial charge in [-0.3, -0.25) is 0 Å². The van der Waals surface area contributed by atoms with Crippen molar-refractivity contribution < 1.29 is 24.2 Å². The van der Waals surface area contributed by atoms with Crippen molar-refractivity contribution >= 4 is 11.9 Å². The first-order valence-corrected chi connectivity index (χ1v) is 4.57. The standard InChI is InChI=1S/C12H10O5/c1-3-16-11(14)9-6-5-8(13)7-10(9)12(15)17-4-2/h3-7,13H,1-2H2. The molecular weight excluding hydrogens is 224 g/mol. The van der Waals surface area contributed by atoms with Crippen LogP contribution in [0.4, 0.5) is 0 Å². The molecule has 0 aromatic heterocycles. The summed E-state index contributed by atoms with van der Waals surface area (Å²) >= 11 is 0. The second-order valence-electron chi connectivity index (χ2n) is 2.87. The molecule has 5 heteroatoms. The molecule has 0 unspecified atom stereocenters. The molecule has 1 aromatic rings. The fourth-order valence-corrected chi connectivity index (χ4v) is 1.16. The van der Waals surface area contributed by atoms with E-state index in [4.69, 9.17) is 0 Å². The smallest absolute Gasteiger partial charge is 0.343 e. The molecule has 0 saturated heterocycles. The Morgan fingerprint density at radius 2 is 1.59 bits per heavy atom. The lowest BCUT2D eigenvalue weighted by Crippen LogP contribution is -2.10. The van der Waals surface area contributed by atoms with Crippen LogP contribution in [0.15, 0.2) is 43.9 Å². The maximum atomic E-state index is 11.5. The van der Waals surface area contributed by atoms with E-state index in [1.54, 1.807) is 0 Å². The number of aromatic hydroxyl groups is 1. The van der Waals surface area contributed by atoms with Gasteiger partial charge in [0.2, 0.25) is 0 Å². The normalized spacial score (nSPS) is 9.18. The predicted octanol–water partition coefficient (Wildman–Crippen LogP) is 1.99. The van der Waals surface area contributed by atoms with Crippen LogP contribution < -0.4 is 0 Å². The Labute approximate surface area is 97.6 Å². The van der Waals surface area contributed by atoms with E-state index >= 15 is 0 Å². The topological polar surface area (TPSA) is 72.8 Å². The van der Waals surface area contributed by atoms with Gasteiger partial charge in [-0.15, -0.1) is 0 Å². The highest BCUT2D eigenvalue weighted by Crippen LogP contribution is 2.18. The van der Waals surface area contributed by atoms with E-state index in [2.05, 4.69) is 22.6 Å². The maximum Gasteiger partial charge on any atom is 0.343 e. The number of esters is 2. The van der Waals surface area contributed by atoms with Crippen molar-refractivity contribution in [3.63, 3.8) is 0 Å². The first-order chi connectivity index (χ1) is 8.10. The van der Waals surface area contributed by atoms with E-state index in [0.717, 1.165) is 18.6 Å². The Bertz CT molecular complexity index is 476. The summed E-state index contributed by atoms with van der Waals surface area (Å²) in [5, 5.41) is 9.26. The highest BCUT2D eigenvalue weighted by atomic mass is 16.5. The summed E-state index contributed by atoms with van der Waals surface area (Å²) in [6, 6.07) is 3.61. The summed E-state index contributed by atoms with van der Waals surface area (Å²) in [6.45, 7) is 6.45. The molecule has 0 atom stereocenters. The van der Waals surface area contributed by atoms with Gasteiger partial charge in [0, 0.05) is 0 Å². The van der Waals surface area contributed by atoms with Crippen LogP contribution >= 0.6 is 0 Å². The number of benzene rings is 1. The molecule has 1 rings (SSSR count). The van der Waals surface area contributed by atoms with Gasteiger partial charge in [-0.25, -0.2) is 9.59 Å². The van der Waals surface area contributed by atoms with Crippen molar-refractivity contribution in [3.05, 3.63) is 55.0 Å². The predicted molar refractivity (Wildman–Crippen MR) is 59.3 cm³/mol. The van der Waals surface area contributed by atoms with E-state index < -0.39 is 11.9 Å². The fourth-order valence-electron chi connectivity index (χ4n) is 1.16. The van der Waals surface area contributed by atoms with E-state index in [-0.39, 0.29) is 16.9 Å². The second-order valence-corrected chi connectivity index (χ2v) is 2.87. The Morgan fingerprint density at radius 3 is 2.12 bits per heavy atom. The van der Waals surface area contributed by atoms with Crippen LogP contribution in [-0.2, 0) is 9.47 Å². The number of ether oxygens (including phenoxy) is 2. The Morgan fingerprint density at radius 1 is 1.06 bits per heavy atom. The molecule has 17 heavy (non-hydrogen) atoms. The maximum absolute atomic E-state index is 11.5. The molecule has 0 saturated carbocycles. The van der Waals surface area contributed by atoms with Crippen molar-refractivity contribution in [1.29, 1.82) is 0 Å². The van der Waals surface area contributed by atoms with Crippen molar-refractivity contribution in [2.45, 2.75) is 0 Å². The summed E-state index contributed by atoms with van der Waals surface area (Å²) in [4.78, 5) is 23.0. The van der Waals surface area contributed by atoms with Crippen molar-refractivity contribution in [2.75, 3.05) is 0 Å². The lowest BCUT2D eigenvalue weighted by molar-refractivity contribution is 0.0619. The molecule has 0 aliphatic carbocycles. The third kappa shape index (κ3) is 2.94. The Kier molecular flexibility index (Phi) is 4.05. The zero-order valence-electron chi connectivity index (χ0n) is 8.88. The van der Waals surface area contributed by atoms with Crippen LogP contribution in [0.25, 0.3) is 0 Å². The molecule has 0 amide bonds. The van der Waals surface area contributed by atoms with Crippen LogP contribution in [0.5, 0.6) is 5.75 Å². The molecule has 0 bridgehead atoms. The van der Waals surface area contributed by atoms with Crippen LogP contribution in [0.3, 0.4) is 0 Å². The minimum absolute atomic E-state index is 0.0328. The monoisotopic (exact) mass is 234 g/mol. The number of rotatable bonds is 4. The van der Waals surface area contributed by atoms with Gasteiger partial charge in [-0.2, -0.15) is 0 Å². The second kappa shape index (κ2) is 5.50. The van der Waals surface area contributed by atoms with Gasteiger partial charge in [0.1, 0.15) is 5.75 Å². The molecule has 5 nitrogen and oxygen atoms in total. The van der Waals surface area contributed by atoms with Crippen LogP contribution in [0, 0.1) is 0 Å². The van der Waals surface area contributed by atoms with Crippen LogP contribution in [0.2, 0.25) is 0 Å². The lowest BCUT2D eigenvalue weighted by atomic mass is 10.1. The fraction of sp³-hybridized carbons (Fsp3) is 0. The number of phenolic OH excluding ortho intramolecular Hbond substituents is 1. The molecule has 0 spiro atoms. The van der Waals surface area contributed by atoms with Crippen molar-refractivity contribution in [1.82, 2.24) is 0 Å². The number of hydrogen-bond donors (Lipinski definition) is 1. The van der Waals surface area contributed by atoms with Crippen molar-refractivity contribution in [2.24, 2.45) is 0 Å². The summed E-state index contributed by atoms with van der Waals surface area (Å²) < 4.78 is 9.08. The molecule has 0 aliphatic heterocycles. The lowest BCUT2D eigenvalue weighted by Gasteiger charge is -2.06. The average Bonchev–Trinajstić information content (AvgIpc) is 2.29. The van der Waals surface area contributed by atoms with E-state index in [1.807, 2.05) is 0 Å². The largest absolute Gasteiger partial charge is 0.508 e. The van der Waals surface area contributed by atoms with Gasteiger partial charge in [-0.05, 0) is 18.2 Å². The Hall–Kier alpha value is -2.56. The third-order valence-corrected chi connectivity index (χ3v) is 1.82. The number of carbonyl (C=O) groups excluding carboxylic acids is 2. The quantitative estimate of drug-likeness (QED) is 0.637. The van der Waals surface area contributed by atoms with Gasteiger partial charge < -0.3 is 14.6 Å². The number of hydrogen-bond acceptors (Lipinski definition) is 5. The third-order valence-electron chi connectivity index (χ3n) is 1.82. The molecular formula is C12H10O5. The van der Waals surface area contributed by atoms with E-state index in [9.17, 15) is 14.7 Å². The molecule has 0 aliphatic rings. The molecule has 0 heterocycles. The average molecular weight is 234 g/mol. The van der Waals surface area contributed by atoms with E-state index in [1.165, 1.54) is 12.1 Å². The molecule has 1 N–H and O–H groups in total. The first kappa shape index (κ1) is 12.5.